The lowest BCUT2D eigenvalue weighted by atomic mass is 10.1. The molecule has 4 rings (SSSR count). The van der Waals surface area contributed by atoms with Crippen LogP contribution in [0.3, 0.4) is 0 Å². The van der Waals surface area contributed by atoms with Crippen LogP contribution in [0.5, 0.6) is 0 Å². The van der Waals surface area contributed by atoms with Crippen molar-refractivity contribution in [2.24, 2.45) is 10.2 Å². The molecule has 114 valence electrons. The van der Waals surface area contributed by atoms with E-state index in [9.17, 15) is 0 Å². The highest BCUT2D eigenvalue weighted by atomic mass is 32.1. The molecule has 0 aliphatic carbocycles. The molecule has 1 aromatic carbocycles. The minimum Gasteiger partial charge on any atom is -0.358 e. The number of benzene rings is 1. The van der Waals surface area contributed by atoms with Crippen molar-refractivity contribution in [1.82, 2.24) is 15.0 Å². The number of para-hydroxylation sites is 1. The van der Waals surface area contributed by atoms with Gasteiger partial charge in [0.1, 0.15) is 11.2 Å². The molecule has 0 spiro atoms. The van der Waals surface area contributed by atoms with Crippen molar-refractivity contribution in [2.75, 3.05) is 0 Å². The van der Waals surface area contributed by atoms with Crippen LogP contribution in [0.15, 0.2) is 46.9 Å². The third-order valence-corrected chi connectivity index (χ3v) is 4.81. The molecular weight excluding hydrogens is 306 g/mol. The minimum atomic E-state index is 0.532. The maximum absolute atomic E-state index is 4.37. The first kappa shape index (κ1) is 14.0. The number of aromatic amines is 1. The Balaban J connectivity index is 1.67. The van der Waals surface area contributed by atoms with E-state index in [-0.39, 0.29) is 0 Å². The summed E-state index contributed by atoms with van der Waals surface area (Å²) in [5, 5.41) is 10.9. The van der Waals surface area contributed by atoms with E-state index < -0.39 is 0 Å². The zero-order valence-electron chi connectivity index (χ0n) is 12.9. The van der Waals surface area contributed by atoms with Gasteiger partial charge >= 0.3 is 0 Å². The van der Waals surface area contributed by atoms with Crippen LogP contribution in [0.4, 0.5) is 5.82 Å². The maximum Gasteiger partial charge on any atom is 0.185 e. The van der Waals surface area contributed by atoms with Gasteiger partial charge in [-0.25, -0.2) is 9.97 Å². The van der Waals surface area contributed by atoms with E-state index in [4.69, 9.17) is 0 Å². The van der Waals surface area contributed by atoms with Crippen molar-refractivity contribution < 1.29 is 0 Å². The number of nitrogens with one attached hydrogen (secondary N) is 1. The molecule has 0 aliphatic heterocycles. The van der Waals surface area contributed by atoms with Crippen molar-refractivity contribution in [1.29, 1.82) is 0 Å². The van der Waals surface area contributed by atoms with Gasteiger partial charge < -0.3 is 4.98 Å². The SMILES string of the molecule is Cc1cc2c(N=NCc3c(C)[nH]c4ccccc34)ncnc2s1. The Bertz CT molecular complexity index is 1030. The molecule has 3 heterocycles. The predicted molar refractivity (Wildman–Crippen MR) is 93.4 cm³/mol. The summed E-state index contributed by atoms with van der Waals surface area (Å²) in [7, 11) is 0. The first-order valence-corrected chi connectivity index (χ1v) is 8.19. The van der Waals surface area contributed by atoms with Crippen molar-refractivity contribution >= 4 is 38.3 Å². The lowest BCUT2D eigenvalue weighted by molar-refractivity contribution is 0.943. The van der Waals surface area contributed by atoms with Gasteiger partial charge in [-0.05, 0) is 26.0 Å². The topological polar surface area (TPSA) is 66.3 Å². The number of rotatable bonds is 3. The lowest BCUT2D eigenvalue weighted by Crippen LogP contribution is -1.83. The molecule has 0 aliphatic rings. The number of hydrogen-bond acceptors (Lipinski definition) is 5. The second kappa shape index (κ2) is 5.55. The Morgan fingerprint density at radius 3 is 2.91 bits per heavy atom. The summed E-state index contributed by atoms with van der Waals surface area (Å²) in [5.41, 5.74) is 3.44. The molecule has 0 atom stereocenters. The summed E-state index contributed by atoms with van der Waals surface area (Å²) < 4.78 is 0. The summed E-state index contributed by atoms with van der Waals surface area (Å²) in [5.74, 6) is 0.636. The largest absolute Gasteiger partial charge is 0.358 e. The molecule has 0 radical (unpaired) electrons. The molecule has 3 aromatic heterocycles. The number of aryl methyl sites for hydroxylation is 2. The van der Waals surface area contributed by atoms with Crippen molar-refractivity contribution in [3.63, 3.8) is 0 Å². The van der Waals surface area contributed by atoms with Crippen LogP contribution in [0, 0.1) is 13.8 Å². The number of fused-ring (bicyclic) bond motifs is 2. The summed E-state index contributed by atoms with van der Waals surface area (Å²) >= 11 is 1.64. The molecule has 0 fully saturated rings. The fraction of sp³-hybridized carbons (Fsp3) is 0.176. The lowest BCUT2D eigenvalue weighted by Gasteiger charge is -1.96. The normalized spacial score (nSPS) is 11.9. The molecule has 6 heteroatoms. The van der Waals surface area contributed by atoms with E-state index in [0.29, 0.717) is 12.4 Å². The number of thiophene rings is 1. The van der Waals surface area contributed by atoms with E-state index in [0.717, 1.165) is 21.4 Å². The fourth-order valence-electron chi connectivity index (χ4n) is 2.75. The number of H-pyrrole nitrogens is 1. The number of hydrogen-bond donors (Lipinski definition) is 1. The third kappa shape index (κ3) is 2.51. The van der Waals surface area contributed by atoms with Gasteiger partial charge in [0.2, 0.25) is 0 Å². The van der Waals surface area contributed by atoms with E-state index in [1.807, 2.05) is 12.1 Å². The highest BCUT2D eigenvalue weighted by Gasteiger charge is 2.08. The van der Waals surface area contributed by atoms with Crippen LogP contribution in [-0.4, -0.2) is 15.0 Å². The predicted octanol–water partition coefficient (Wildman–Crippen LogP) is 5.07. The quantitative estimate of drug-likeness (QED) is 0.535. The number of nitrogens with zero attached hydrogens (tertiary/aromatic N) is 4. The summed E-state index contributed by atoms with van der Waals surface area (Å²) in [4.78, 5) is 14.1. The Morgan fingerprint density at radius 2 is 2.00 bits per heavy atom. The summed E-state index contributed by atoms with van der Waals surface area (Å²) in [6, 6.07) is 10.3. The van der Waals surface area contributed by atoms with E-state index in [2.05, 4.69) is 57.2 Å². The van der Waals surface area contributed by atoms with Gasteiger partial charge in [0.15, 0.2) is 5.82 Å². The standard InChI is InChI=1S/C17H15N5S/c1-10-7-13-16(18-9-19-17(13)23-10)22-20-8-14-11(2)21-15-6-4-3-5-12(14)15/h3-7,9,21H,8H2,1-2H3. The molecule has 0 saturated carbocycles. The average Bonchev–Trinajstić information content (AvgIpc) is 3.07. The smallest absolute Gasteiger partial charge is 0.185 e. The van der Waals surface area contributed by atoms with E-state index in [1.54, 1.807) is 17.7 Å². The summed E-state index contributed by atoms with van der Waals surface area (Å²) in [6.45, 7) is 4.66. The molecule has 1 N–H and O–H groups in total. The van der Waals surface area contributed by atoms with E-state index >= 15 is 0 Å². The highest BCUT2D eigenvalue weighted by Crippen LogP contribution is 2.29. The third-order valence-electron chi connectivity index (χ3n) is 3.85. The van der Waals surface area contributed by atoms with Gasteiger partial charge in [0.25, 0.3) is 0 Å². The van der Waals surface area contributed by atoms with Gasteiger partial charge in [0.05, 0.1) is 11.9 Å². The molecule has 4 aromatic rings. The first-order valence-electron chi connectivity index (χ1n) is 7.37. The molecule has 0 saturated heterocycles. The Labute approximate surface area is 137 Å². The van der Waals surface area contributed by atoms with Crippen LogP contribution < -0.4 is 0 Å². The molecule has 5 nitrogen and oxygen atoms in total. The van der Waals surface area contributed by atoms with Gasteiger partial charge in [-0.3, -0.25) is 0 Å². The summed E-state index contributed by atoms with van der Waals surface area (Å²) in [6.07, 6.45) is 1.55. The van der Waals surface area contributed by atoms with Gasteiger partial charge in [-0.15, -0.1) is 16.5 Å². The number of aromatic nitrogens is 3. The van der Waals surface area contributed by atoms with Gasteiger partial charge in [-0.2, -0.15) is 5.11 Å². The Hall–Kier alpha value is -2.60. The van der Waals surface area contributed by atoms with Crippen molar-refractivity contribution in [3.8, 4) is 0 Å². The van der Waals surface area contributed by atoms with Gasteiger partial charge in [0, 0.05) is 27.0 Å². The van der Waals surface area contributed by atoms with Crippen LogP contribution in [0.2, 0.25) is 0 Å². The van der Waals surface area contributed by atoms with Crippen LogP contribution in [-0.2, 0) is 6.54 Å². The zero-order chi connectivity index (χ0) is 15.8. The second-order valence-corrected chi connectivity index (χ2v) is 6.68. The average molecular weight is 321 g/mol. The fourth-order valence-corrected chi connectivity index (χ4v) is 3.60. The van der Waals surface area contributed by atoms with Crippen molar-refractivity contribution in [2.45, 2.75) is 20.4 Å². The maximum atomic E-state index is 4.37. The molecule has 23 heavy (non-hydrogen) atoms. The zero-order valence-corrected chi connectivity index (χ0v) is 13.7. The minimum absolute atomic E-state index is 0.532. The Kier molecular flexibility index (Phi) is 3.38. The van der Waals surface area contributed by atoms with Crippen LogP contribution in [0.1, 0.15) is 16.1 Å². The second-order valence-electron chi connectivity index (χ2n) is 5.45. The van der Waals surface area contributed by atoms with Crippen LogP contribution in [0.25, 0.3) is 21.1 Å². The number of azo groups is 1. The molecule has 0 amide bonds. The van der Waals surface area contributed by atoms with Crippen LogP contribution >= 0.6 is 11.3 Å². The highest BCUT2D eigenvalue weighted by molar-refractivity contribution is 7.18. The van der Waals surface area contributed by atoms with Gasteiger partial charge in [-0.1, -0.05) is 18.2 Å². The first-order chi connectivity index (χ1) is 11.2. The molecular formula is C17H15N5S. The molecule has 0 unspecified atom stereocenters. The molecule has 0 bridgehead atoms. The van der Waals surface area contributed by atoms with E-state index in [1.165, 1.54) is 15.8 Å². The monoisotopic (exact) mass is 321 g/mol. The van der Waals surface area contributed by atoms with Crippen molar-refractivity contribution in [3.05, 3.63) is 52.8 Å². The Morgan fingerprint density at radius 1 is 1.13 bits per heavy atom.